The molecule has 0 atom stereocenters. The van der Waals surface area contributed by atoms with Crippen molar-refractivity contribution in [1.82, 2.24) is 0 Å². The molecule has 0 unspecified atom stereocenters. The molecule has 0 aromatic heterocycles. The van der Waals surface area contributed by atoms with Gasteiger partial charge in [-0.05, 0) is 0 Å². The summed E-state index contributed by atoms with van der Waals surface area (Å²) in [6.07, 6.45) is 8.00. The van der Waals surface area contributed by atoms with Gasteiger partial charge in [0.1, 0.15) is 0 Å². The molecule has 0 spiro atoms. The van der Waals surface area contributed by atoms with Gasteiger partial charge in [-0.2, -0.15) is 12.8 Å². The van der Waals surface area contributed by atoms with Gasteiger partial charge in [-0.3, -0.25) is 27.2 Å². The fraction of sp³-hybridized carbons (Fsp3) is 0.400. The monoisotopic (exact) mass is 312 g/mol. The third-order valence-electron chi connectivity index (χ3n) is 1.07. The second kappa shape index (κ2) is 124. The van der Waals surface area contributed by atoms with Crippen molar-refractivity contribution in [1.29, 1.82) is 0 Å². The molecule has 96 valence electrons. The van der Waals surface area contributed by atoms with E-state index in [4.69, 9.17) is 19.2 Å². The summed E-state index contributed by atoms with van der Waals surface area (Å²) in [4.78, 5) is 31.0. The first kappa shape index (κ1) is 44.8. The third-order valence-corrected chi connectivity index (χ3v) is 1.07. The molecule has 0 radical (unpaired) electrons. The molecule has 6 heteroatoms. The van der Waals surface area contributed by atoms with Gasteiger partial charge in [0.05, 0.1) is 0 Å². The molecule has 0 bridgehead atoms. The predicted octanol–water partition coefficient (Wildman–Crippen LogP) is 1.11. The Morgan fingerprint density at radius 3 is 0.938 bits per heavy atom. The molecule has 0 N–H and O–H groups in total. The fourth-order valence-electron chi connectivity index (χ4n) is 0.722. The molecule has 1 aliphatic rings. The average Bonchev–Trinajstić information content (AvgIpc) is 2.87. The van der Waals surface area contributed by atoms with E-state index in [0.717, 1.165) is 0 Å². The minimum Gasteiger partial charge on any atom is -0.545 e. The number of rotatable bonds is 0. The molecule has 0 saturated heterocycles. The molecule has 0 aromatic carbocycles. The molecular weight excluding hydrogens is 296 g/mol. The van der Waals surface area contributed by atoms with Gasteiger partial charge in [-0.1, -0.05) is 12.8 Å². The van der Waals surface area contributed by atoms with Crippen molar-refractivity contribution in [3.8, 4) is 0 Å². The zero-order valence-electron chi connectivity index (χ0n) is 9.06. The SMILES string of the molecule is [CH-]1CCCC1.[CH-]=O.[CH-]=O.[CH-]=O.[CH-]=O.[CH3-].[Fe+2].[Fe+4]. The Labute approximate surface area is 120 Å². The smallest absolute Gasteiger partial charge is 0.545 e. The molecule has 1 fully saturated rings. The Kier molecular flexibility index (Phi) is 348. The number of hydrogen-bond donors (Lipinski definition) is 0. The van der Waals surface area contributed by atoms with Gasteiger partial charge >= 0.3 is 34.1 Å². The largest absolute Gasteiger partial charge is 4.00 e. The quantitative estimate of drug-likeness (QED) is 0.382. The first-order chi connectivity index (χ1) is 6.50. The van der Waals surface area contributed by atoms with Crippen LogP contribution in [0.5, 0.6) is 0 Å². The second-order valence-electron chi connectivity index (χ2n) is 1.57. The Hall–Kier alpha value is -0.281. The first-order valence-electron chi connectivity index (χ1n) is 3.26. The molecule has 0 aromatic rings. The van der Waals surface area contributed by atoms with E-state index in [0.29, 0.717) is 0 Å². The molecule has 4 nitrogen and oxygen atoms in total. The van der Waals surface area contributed by atoms with E-state index in [1.165, 1.54) is 25.7 Å². The summed E-state index contributed by atoms with van der Waals surface area (Å²) in [7, 11) is 0. The Bertz CT molecular complexity index is 58.2. The Balaban J connectivity index is -0.0000000133. The van der Waals surface area contributed by atoms with Gasteiger partial charge in [0.25, 0.3) is 0 Å². The second-order valence-corrected chi connectivity index (χ2v) is 1.57. The van der Waals surface area contributed by atoms with Crippen LogP contribution in [0.4, 0.5) is 0 Å². The van der Waals surface area contributed by atoms with Crippen LogP contribution in [0.1, 0.15) is 25.7 Å². The Morgan fingerprint density at radius 1 is 0.688 bits per heavy atom. The van der Waals surface area contributed by atoms with Crippen LogP contribution in [0.15, 0.2) is 0 Å². The zero-order chi connectivity index (χ0) is 11.5. The van der Waals surface area contributed by atoms with Crippen LogP contribution in [-0.4, -0.2) is 27.2 Å². The van der Waals surface area contributed by atoms with E-state index in [2.05, 4.69) is 33.6 Å². The maximum absolute atomic E-state index is 7.75. The van der Waals surface area contributed by atoms with Crippen LogP contribution < -0.4 is 0 Å². The van der Waals surface area contributed by atoms with Crippen LogP contribution in [0.25, 0.3) is 0 Å². The van der Waals surface area contributed by atoms with Crippen molar-refractivity contribution in [2.24, 2.45) is 0 Å². The molecule has 16 heavy (non-hydrogen) atoms. The van der Waals surface area contributed by atoms with E-state index in [9.17, 15) is 0 Å². The van der Waals surface area contributed by atoms with E-state index in [1.807, 2.05) is 0 Å². The summed E-state index contributed by atoms with van der Waals surface area (Å²) >= 11 is 0. The van der Waals surface area contributed by atoms with Crippen LogP contribution in [0, 0.1) is 13.8 Å². The van der Waals surface area contributed by atoms with E-state index in [1.54, 1.807) is 0 Å². The standard InChI is InChI=1S/C5H9.4CHO.CH3.2Fe/c1-2-4-5-3-1;4*1-2;;;/h1H,2-5H2;4*1H;1H3;;/q6*-1;+2;+4. The number of carbonyl (C=O) groups excluding carboxylic acids is 4. The summed E-state index contributed by atoms with van der Waals surface area (Å²) in [6, 6.07) is 0. The van der Waals surface area contributed by atoms with Crippen molar-refractivity contribution in [2.75, 3.05) is 0 Å². The van der Waals surface area contributed by atoms with E-state index in [-0.39, 0.29) is 41.6 Å². The molecule has 0 heterocycles. The Morgan fingerprint density at radius 2 is 0.875 bits per heavy atom. The first-order valence-corrected chi connectivity index (χ1v) is 3.26. The third kappa shape index (κ3) is 99.7. The van der Waals surface area contributed by atoms with Crippen LogP contribution in [0.3, 0.4) is 0 Å². The van der Waals surface area contributed by atoms with Crippen molar-refractivity contribution in [3.63, 3.8) is 0 Å². The van der Waals surface area contributed by atoms with Gasteiger partial charge < -0.3 is 33.0 Å². The number of hydrogen-bond acceptors (Lipinski definition) is 4. The molecule has 1 rings (SSSR count). The van der Waals surface area contributed by atoms with Crippen LogP contribution in [0.2, 0.25) is 0 Å². The normalized spacial score (nSPS) is 8.50. The van der Waals surface area contributed by atoms with Gasteiger partial charge in [0.2, 0.25) is 0 Å². The van der Waals surface area contributed by atoms with Gasteiger partial charge in [0.15, 0.2) is 0 Å². The van der Waals surface area contributed by atoms with E-state index >= 15 is 0 Å². The summed E-state index contributed by atoms with van der Waals surface area (Å²) in [5, 5.41) is 0. The van der Waals surface area contributed by atoms with Gasteiger partial charge in [-0.25, -0.2) is 0 Å². The minimum absolute atomic E-state index is 0. The van der Waals surface area contributed by atoms with Crippen molar-refractivity contribution >= 4 is 27.2 Å². The van der Waals surface area contributed by atoms with Crippen LogP contribution >= 0.6 is 0 Å². The van der Waals surface area contributed by atoms with Gasteiger partial charge in [0, 0.05) is 0 Å². The maximum atomic E-state index is 7.75. The molecular formula is C10H16Fe2O4. The van der Waals surface area contributed by atoms with Crippen molar-refractivity contribution < 1.29 is 53.3 Å². The maximum Gasteiger partial charge on any atom is 4.00 e. The summed E-state index contributed by atoms with van der Waals surface area (Å²) < 4.78 is 0. The van der Waals surface area contributed by atoms with Crippen molar-refractivity contribution in [2.45, 2.75) is 25.7 Å². The summed E-state index contributed by atoms with van der Waals surface area (Å²) in [5.74, 6) is 0. The molecule has 1 aliphatic carbocycles. The fourth-order valence-corrected chi connectivity index (χ4v) is 0.722. The molecule has 0 amide bonds. The minimum atomic E-state index is 0. The predicted molar refractivity (Wildman–Crippen MR) is 56.2 cm³/mol. The zero-order valence-corrected chi connectivity index (χ0v) is 11.3. The van der Waals surface area contributed by atoms with E-state index < -0.39 is 0 Å². The molecule has 0 aliphatic heterocycles. The molecule has 1 saturated carbocycles. The summed E-state index contributed by atoms with van der Waals surface area (Å²) in [5.41, 5.74) is 0. The van der Waals surface area contributed by atoms with Crippen LogP contribution in [-0.2, 0) is 53.3 Å². The van der Waals surface area contributed by atoms with Crippen molar-refractivity contribution in [3.05, 3.63) is 13.8 Å². The van der Waals surface area contributed by atoms with Gasteiger partial charge in [-0.15, -0.1) is 0 Å². The topological polar surface area (TPSA) is 68.3 Å². The average molecular weight is 312 g/mol. The summed E-state index contributed by atoms with van der Waals surface area (Å²) in [6.45, 7) is 13.0.